The highest BCUT2D eigenvalue weighted by atomic mass is 16.5. The summed E-state index contributed by atoms with van der Waals surface area (Å²) in [5.41, 5.74) is 1.77. The molecular weight excluding hydrogens is 472 g/mol. The standard InChI is InChI=1S/C30H24O7/c31-24-18-25(32)20-28(19-24)36-17-16-35-26-13-9-23(10-14-26)30(34)37-27-11-6-21(7-12-27)8-15-29(33)22-4-2-1-3-5-22/h1-15,18-20,31-32H,16-17H2/b15-8+. The Kier molecular flexibility index (Phi) is 8.18. The summed E-state index contributed by atoms with van der Waals surface area (Å²) in [7, 11) is 0. The smallest absolute Gasteiger partial charge is 0.343 e. The third-order valence-electron chi connectivity index (χ3n) is 5.16. The van der Waals surface area contributed by atoms with E-state index in [2.05, 4.69) is 0 Å². The minimum atomic E-state index is -0.513. The molecule has 0 aliphatic rings. The molecule has 0 amide bonds. The highest BCUT2D eigenvalue weighted by Crippen LogP contribution is 2.25. The molecular formula is C30H24O7. The zero-order valence-corrected chi connectivity index (χ0v) is 19.7. The van der Waals surface area contributed by atoms with E-state index < -0.39 is 5.97 Å². The van der Waals surface area contributed by atoms with E-state index in [0.717, 1.165) is 5.56 Å². The Morgan fingerprint density at radius 2 is 1.24 bits per heavy atom. The highest BCUT2D eigenvalue weighted by Gasteiger charge is 2.09. The van der Waals surface area contributed by atoms with Gasteiger partial charge in [0.25, 0.3) is 0 Å². The largest absolute Gasteiger partial charge is 0.508 e. The van der Waals surface area contributed by atoms with Gasteiger partial charge in [-0.05, 0) is 48.0 Å². The van der Waals surface area contributed by atoms with Gasteiger partial charge in [-0.2, -0.15) is 0 Å². The summed E-state index contributed by atoms with van der Waals surface area (Å²) < 4.78 is 16.4. The van der Waals surface area contributed by atoms with Gasteiger partial charge in [0.15, 0.2) is 5.78 Å². The fraction of sp³-hybridized carbons (Fsp3) is 0.0667. The molecule has 4 aromatic rings. The molecule has 4 aromatic carbocycles. The average Bonchev–Trinajstić information content (AvgIpc) is 2.91. The molecule has 0 heterocycles. The van der Waals surface area contributed by atoms with Crippen LogP contribution in [-0.4, -0.2) is 35.2 Å². The molecule has 0 bridgehead atoms. The molecule has 0 aliphatic carbocycles. The zero-order valence-electron chi connectivity index (χ0n) is 19.7. The summed E-state index contributed by atoms with van der Waals surface area (Å²) in [6, 6.07) is 26.3. The second-order valence-electron chi connectivity index (χ2n) is 7.93. The van der Waals surface area contributed by atoms with Gasteiger partial charge in [-0.1, -0.05) is 48.5 Å². The summed E-state index contributed by atoms with van der Waals surface area (Å²) in [5, 5.41) is 18.9. The number of ether oxygens (including phenoxy) is 3. The van der Waals surface area contributed by atoms with Crippen molar-refractivity contribution in [3.63, 3.8) is 0 Å². The first-order valence-corrected chi connectivity index (χ1v) is 11.4. The average molecular weight is 497 g/mol. The molecule has 2 N–H and O–H groups in total. The number of hydrogen-bond donors (Lipinski definition) is 2. The van der Waals surface area contributed by atoms with Gasteiger partial charge in [-0.15, -0.1) is 0 Å². The van der Waals surface area contributed by atoms with Crippen molar-refractivity contribution in [2.45, 2.75) is 0 Å². The predicted octanol–water partition coefficient (Wildman–Crippen LogP) is 5.67. The predicted molar refractivity (Wildman–Crippen MR) is 138 cm³/mol. The van der Waals surface area contributed by atoms with E-state index in [-0.39, 0.29) is 30.5 Å². The van der Waals surface area contributed by atoms with Gasteiger partial charge >= 0.3 is 5.97 Å². The van der Waals surface area contributed by atoms with Crippen LogP contribution < -0.4 is 14.2 Å². The lowest BCUT2D eigenvalue weighted by Crippen LogP contribution is -2.10. The van der Waals surface area contributed by atoms with E-state index >= 15 is 0 Å². The van der Waals surface area contributed by atoms with Gasteiger partial charge in [0.1, 0.15) is 42.0 Å². The number of phenolic OH excluding ortho intramolecular Hbond substituents is 2. The molecule has 186 valence electrons. The molecule has 0 fully saturated rings. The Labute approximate surface area is 213 Å². The van der Waals surface area contributed by atoms with Crippen LogP contribution in [0.25, 0.3) is 6.08 Å². The van der Waals surface area contributed by atoms with Crippen molar-refractivity contribution >= 4 is 17.8 Å². The second kappa shape index (κ2) is 12.1. The molecule has 0 saturated heterocycles. The number of aromatic hydroxyl groups is 2. The van der Waals surface area contributed by atoms with Crippen molar-refractivity contribution in [1.29, 1.82) is 0 Å². The molecule has 0 saturated carbocycles. The molecule has 0 atom stereocenters. The fourth-order valence-corrected chi connectivity index (χ4v) is 3.34. The molecule has 0 spiro atoms. The number of esters is 1. The van der Waals surface area contributed by atoms with Crippen LogP contribution in [0.4, 0.5) is 0 Å². The number of hydrogen-bond acceptors (Lipinski definition) is 7. The maximum Gasteiger partial charge on any atom is 0.343 e. The number of allylic oxidation sites excluding steroid dienone is 1. The summed E-state index contributed by atoms with van der Waals surface area (Å²) >= 11 is 0. The van der Waals surface area contributed by atoms with Crippen LogP contribution in [-0.2, 0) is 0 Å². The third kappa shape index (κ3) is 7.47. The summed E-state index contributed by atoms with van der Waals surface area (Å²) in [6.45, 7) is 0.413. The number of ketones is 1. The van der Waals surface area contributed by atoms with Gasteiger partial charge in [0.2, 0.25) is 0 Å². The van der Waals surface area contributed by atoms with E-state index in [0.29, 0.717) is 28.4 Å². The molecule has 37 heavy (non-hydrogen) atoms. The zero-order chi connectivity index (χ0) is 26.0. The van der Waals surface area contributed by atoms with E-state index in [1.807, 2.05) is 18.2 Å². The second-order valence-corrected chi connectivity index (χ2v) is 7.93. The Balaban J connectivity index is 1.24. The minimum Gasteiger partial charge on any atom is -0.508 e. The first-order chi connectivity index (χ1) is 18.0. The Hall–Kier alpha value is -5.04. The third-order valence-corrected chi connectivity index (χ3v) is 5.16. The first-order valence-electron chi connectivity index (χ1n) is 11.4. The Morgan fingerprint density at radius 3 is 1.89 bits per heavy atom. The Morgan fingerprint density at radius 1 is 0.649 bits per heavy atom. The number of phenols is 2. The van der Waals surface area contributed by atoms with Crippen molar-refractivity contribution < 1.29 is 34.0 Å². The topological polar surface area (TPSA) is 102 Å². The summed E-state index contributed by atoms with van der Waals surface area (Å²) in [6.07, 6.45) is 3.21. The first kappa shape index (κ1) is 25.1. The van der Waals surface area contributed by atoms with Crippen molar-refractivity contribution in [2.24, 2.45) is 0 Å². The van der Waals surface area contributed by atoms with Crippen LogP contribution in [0.15, 0.2) is 103 Å². The van der Waals surface area contributed by atoms with Crippen LogP contribution in [0, 0.1) is 0 Å². The van der Waals surface area contributed by atoms with Crippen molar-refractivity contribution in [1.82, 2.24) is 0 Å². The van der Waals surface area contributed by atoms with Crippen molar-refractivity contribution in [3.8, 4) is 28.7 Å². The normalized spacial score (nSPS) is 10.7. The molecule has 0 unspecified atom stereocenters. The van der Waals surface area contributed by atoms with Crippen molar-refractivity contribution in [3.05, 3.63) is 120 Å². The monoisotopic (exact) mass is 496 g/mol. The lowest BCUT2D eigenvalue weighted by Gasteiger charge is -2.10. The summed E-state index contributed by atoms with van der Waals surface area (Å²) in [4.78, 5) is 24.7. The number of carbonyl (C=O) groups is 2. The van der Waals surface area contributed by atoms with Crippen LogP contribution >= 0.6 is 0 Å². The van der Waals surface area contributed by atoms with Crippen LogP contribution in [0.5, 0.6) is 28.7 Å². The van der Waals surface area contributed by atoms with Gasteiger partial charge in [0.05, 0.1) is 5.56 Å². The lowest BCUT2D eigenvalue weighted by molar-refractivity contribution is 0.0734. The number of carbonyl (C=O) groups excluding carboxylic acids is 2. The molecule has 0 radical (unpaired) electrons. The fourth-order valence-electron chi connectivity index (χ4n) is 3.34. The molecule has 7 heteroatoms. The van der Waals surface area contributed by atoms with Gasteiger partial charge in [-0.25, -0.2) is 4.79 Å². The van der Waals surface area contributed by atoms with Crippen LogP contribution in [0.3, 0.4) is 0 Å². The van der Waals surface area contributed by atoms with E-state index in [1.165, 1.54) is 24.3 Å². The molecule has 0 aromatic heterocycles. The molecule has 7 nitrogen and oxygen atoms in total. The van der Waals surface area contributed by atoms with Gasteiger partial charge in [-0.3, -0.25) is 4.79 Å². The van der Waals surface area contributed by atoms with Crippen LogP contribution in [0.1, 0.15) is 26.3 Å². The molecule has 4 rings (SSSR count). The van der Waals surface area contributed by atoms with E-state index in [1.54, 1.807) is 66.7 Å². The number of rotatable bonds is 10. The Bertz CT molecular complexity index is 1360. The van der Waals surface area contributed by atoms with Crippen LogP contribution in [0.2, 0.25) is 0 Å². The van der Waals surface area contributed by atoms with Gasteiger partial charge in [0, 0.05) is 23.8 Å². The van der Waals surface area contributed by atoms with E-state index in [9.17, 15) is 19.8 Å². The van der Waals surface area contributed by atoms with E-state index in [4.69, 9.17) is 14.2 Å². The van der Waals surface area contributed by atoms with Gasteiger partial charge < -0.3 is 24.4 Å². The molecule has 0 aliphatic heterocycles. The maximum atomic E-state index is 12.5. The maximum absolute atomic E-state index is 12.5. The van der Waals surface area contributed by atoms with Crippen molar-refractivity contribution in [2.75, 3.05) is 13.2 Å². The SMILES string of the molecule is O=C(/C=C/c1ccc(OC(=O)c2ccc(OCCOc3cc(O)cc(O)c3)cc2)cc1)c1ccccc1. The minimum absolute atomic E-state index is 0.0900. The quantitative estimate of drug-likeness (QED) is 0.0959. The number of benzene rings is 4. The highest BCUT2D eigenvalue weighted by molar-refractivity contribution is 6.06. The lowest BCUT2D eigenvalue weighted by atomic mass is 10.1. The summed E-state index contributed by atoms with van der Waals surface area (Å²) in [5.74, 6) is 0.452.